The molecule has 0 spiro atoms. The molecule has 0 aromatic rings. The van der Waals surface area contributed by atoms with Gasteiger partial charge in [0.05, 0.1) is 0 Å². The fraction of sp³-hybridized carbons (Fsp3) is 0.375. The summed E-state index contributed by atoms with van der Waals surface area (Å²) in [7, 11) is 0. The molecular formula is C8H8. The third kappa shape index (κ3) is 1.03. The third-order valence-corrected chi connectivity index (χ3v) is 1.06. The summed E-state index contributed by atoms with van der Waals surface area (Å²) in [6.07, 6.45) is 4.23. The summed E-state index contributed by atoms with van der Waals surface area (Å²) >= 11 is 0. The maximum Gasteiger partial charge on any atom is 0.0114 e. The molecule has 8 heavy (non-hydrogen) atoms. The lowest BCUT2D eigenvalue weighted by atomic mass is 10.2. The molecule has 0 N–H and O–H groups in total. The second-order valence-corrected chi connectivity index (χ2v) is 1.81. The van der Waals surface area contributed by atoms with Crippen molar-refractivity contribution in [3.05, 3.63) is 28.8 Å². The van der Waals surface area contributed by atoms with Crippen LogP contribution in [0.4, 0.5) is 0 Å². The molecule has 0 amide bonds. The maximum atomic E-state index is 2.96. The van der Waals surface area contributed by atoms with Crippen LogP contribution in [0.1, 0.15) is 19.8 Å². The Labute approximate surface area is 49.5 Å². The van der Waals surface area contributed by atoms with Gasteiger partial charge in [-0.3, -0.25) is 0 Å². The van der Waals surface area contributed by atoms with Gasteiger partial charge in [-0.05, 0) is 12.2 Å². The van der Waals surface area contributed by atoms with E-state index in [1.165, 1.54) is 12.0 Å². The van der Waals surface area contributed by atoms with Crippen LogP contribution in [-0.2, 0) is 0 Å². The van der Waals surface area contributed by atoms with E-state index in [1.54, 1.807) is 0 Å². The van der Waals surface area contributed by atoms with E-state index >= 15 is 0 Å². The molecule has 0 saturated heterocycles. The molecule has 0 aromatic carbocycles. The van der Waals surface area contributed by atoms with Gasteiger partial charge < -0.3 is 0 Å². The van der Waals surface area contributed by atoms with Gasteiger partial charge in [0.25, 0.3) is 0 Å². The SMILES string of the molecule is CCCC1=C=C=C=C1. The van der Waals surface area contributed by atoms with E-state index < -0.39 is 0 Å². The van der Waals surface area contributed by atoms with Crippen molar-refractivity contribution >= 4 is 0 Å². The van der Waals surface area contributed by atoms with E-state index in [0.29, 0.717) is 0 Å². The fourth-order valence-corrected chi connectivity index (χ4v) is 0.680. The molecule has 0 saturated carbocycles. The highest BCUT2D eigenvalue weighted by Crippen LogP contribution is 2.04. The first-order valence-corrected chi connectivity index (χ1v) is 2.89. The highest BCUT2D eigenvalue weighted by molar-refractivity contribution is 5.21. The first-order valence-electron chi connectivity index (χ1n) is 2.89. The molecule has 0 unspecified atom stereocenters. The molecule has 40 valence electrons. The van der Waals surface area contributed by atoms with Crippen molar-refractivity contribution < 1.29 is 0 Å². The number of hydrogen-bond acceptors (Lipinski definition) is 0. The summed E-state index contributed by atoms with van der Waals surface area (Å²) in [4.78, 5) is 0. The largest absolute Gasteiger partial charge is 0.0650 e. The van der Waals surface area contributed by atoms with Crippen molar-refractivity contribution in [3.63, 3.8) is 0 Å². The Hall–Kier alpha value is -0.920. The standard InChI is InChI=1S/C8H8/c1-2-5-8-6-3-4-7-8/h6H,2,5H2,1H3. The molecule has 0 aliphatic heterocycles. The zero-order chi connectivity index (χ0) is 5.82. The molecule has 0 nitrogen and oxygen atoms in total. The van der Waals surface area contributed by atoms with Crippen LogP contribution in [0.15, 0.2) is 28.8 Å². The van der Waals surface area contributed by atoms with Gasteiger partial charge in [0.2, 0.25) is 0 Å². The van der Waals surface area contributed by atoms with Gasteiger partial charge in [-0.1, -0.05) is 24.8 Å². The summed E-state index contributed by atoms with van der Waals surface area (Å²) in [6.45, 7) is 2.15. The van der Waals surface area contributed by atoms with Crippen LogP contribution in [-0.4, -0.2) is 0 Å². The Balaban J connectivity index is 2.55. The summed E-state index contributed by atoms with van der Waals surface area (Å²) in [5, 5.41) is 0. The lowest BCUT2D eigenvalue weighted by molar-refractivity contribution is 0.930. The number of hydrogen-bond donors (Lipinski definition) is 0. The van der Waals surface area contributed by atoms with Crippen molar-refractivity contribution in [2.45, 2.75) is 19.8 Å². The lowest BCUT2D eigenvalue weighted by Crippen LogP contribution is -1.69. The van der Waals surface area contributed by atoms with Gasteiger partial charge in [0, 0.05) is 11.6 Å². The van der Waals surface area contributed by atoms with Crippen LogP contribution in [0.5, 0.6) is 0 Å². The molecule has 1 aliphatic carbocycles. The van der Waals surface area contributed by atoms with Crippen LogP contribution in [0.2, 0.25) is 0 Å². The highest BCUT2D eigenvalue weighted by Gasteiger charge is 1.88. The number of allylic oxidation sites excluding steroid dienone is 2. The summed E-state index contributed by atoms with van der Waals surface area (Å²) in [5.41, 5.74) is 9.79. The third-order valence-electron chi connectivity index (χ3n) is 1.06. The minimum atomic E-state index is 1.11. The first-order chi connectivity index (χ1) is 3.93. The van der Waals surface area contributed by atoms with Crippen molar-refractivity contribution in [2.75, 3.05) is 0 Å². The van der Waals surface area contributed by atoms with E-state index in [1.807, 2.05) is 6.08 Å². The Morgan fingerprint density at radius 1 is 1.62 bits per heavy atom. The Morgan fingerprint density at radius 3 is 3.00 bits per heavy atom. The molecular weight excluding hydrogens is 96.1 g/mol. The van der Waals surface area contributed by atoms with Crippen LogP contribution in [0, 0.1) is 0 Å². The molecule has 0 atom stereocenters. The van der Waals surface area contributed by atoms with E-state index in [2.05, 4.69) is 24.1 Å². The average Bonchev–Trinajstić information content (AvgIpc) is 2.19. The predicted octanol–water partition coefficient (Wildman–Crippen LogP) is 2.19. The van der Waals surface area contributed by atoms with E-state index in [-0.39, 0.29) is 0 Å². The molecule has 0 radical (unpaired) electrons. The summed E-state index contributed by atoms with van der Waals surface area (Å²) in [6, 6.07) is 0. The van der Waals surface area contributed by atoms with Gasteiger partial charge in [-0.15, -0.1) is 0 Å². The molecule has 0 aromatic heterocycles. The quantitative estimate of drug-likeness (QED) is 0.471. The summed E-state index contributed by atoms with van der Waals surface area (Å²) in [5.74, 6) is 0. The minimum absolute atomic E-state index is 1.11. The molecule has 0 bridgehead atoms. The molecule has 0 heterocycles. The maximum absolute atomic E-state index is 2.96. The smallest absolute Gasteiger partial charge is 0.0114 e. The zero-order valence-electron chi connectivity index (χ0n) is 4.99. The molecule has 1 rings (SSSR count). The topological polar surface area (TPSA) is 0 Å². The van der Waals surface area contributed by atoms with Crippen molar-refractivity contribution in [1.29, 1.82) is 0 Å². The lowest BCUT2D eigenvalue weighted by Gasteiger charge is -1.86. The summed E-state index contributed by atoms with van der Waals surface area (Å²) < 4.78 is 0. The van der Waals surface area contributed by atoms with Crippen LogP contribution >= 0.6 is 0 Å². The molecule has 0 fully saturated rings. The predicted molar refractivity (Wildman–Crippen MR) is 33.5 cm³/mol. The second-order valence-electron chi connectivity index (χ2n) is 1.81. The minimum Gasteiger partial charge on any atom is -0.0650 e. The van der Waals surface area contributed by atoms with Crippen LogP contribution in [0.3, 0.4) is 0 Å². The fourth-order valence-electron chi connectivity index (χ4n) is 0.680. The first kappa shape index (κ1) is 5.22. The van der Waals surface area contributed by atoms with Crippen molar-refractivity contribution in [2.24, 2.45) is 0 Å². The Bertz CT molecular complexity index is 202. The Morgan fingerprint density at radius 2 is 2.50 bits per heavy atom. The number of rotatable bonds is 2. The van der Waals surface area contributed by atoms with E-state index in [9.17, 15) is 0 Å². The molecule has 0 heteroatoms. The van der Waals surface area contributed by atoms with Gasteiger partial charge in [-0.2, -0.15) is 0 Å². The van der Waals surface area contributed by atoms with Crippen LogP contribution in [0.25, 0.3) is 0 Å². The van der Waals surface area contributed by atoms with Crippen molar-refractivity contribution in [3.8, 4) is 0 Å². The monoisotopic (exact) mass is 104 g/mol. The van der Waals surface area contributed by atoms with E-state index in [0.717, 1.165) is 6.42 Å². The van der Waals surface area contributed by atoms with Gasteiger partial charge in [0.15, 0.2) is 0 Å². The van der Waals surface area contributed by atoms with Gasteiger partial charge >= 0.3 is 0 Å². The van der Waals surface area contributed by atoms with Crippen molar-refractivity contribution in [1.82, 2.24) is 0 Å². The second kappa shape index (κ2) is 2.40. The van der Waals surface area contributed by atoms with Crippen LogP contribution < -0.4 is 0 Å². The highest BCUT2D eigenvalue weighted by atomic mass is 13.9. The normalized spacial score (nSPS) is 12.9. The zero-order valence-corrected chi connectivity index (χ0v) is 4.99. The Kier molecular flexibility index (Phi) is 1.57. The van der Waals surface area contributed by atoms with Gasteiger partial charge in [0.1, 0.15) is 0 Å². The van der Waals surface area contributed by atoms with Gasteiger partial charge in [-0.25, -0.2) is 0 Å². The van der Waals surface area contributed by atoms with E-state index in [4.69, 9.17) is 0 Å². The average molecular weight is 104 g/mol. The molecule has 1 aliphatic rings.